The van der Waals surface area contributed by atoms with Crippen LogP contribution in [0.4, 0.5) is 0 Å². The van der Waals surface area contributed by atoms with E-state index in [-0.39, 0.29) is 18.3 Å². The van der Waals surface area contributed by atoms with E-state index >= 15 is 0 Å². The Morgan fingerprint density at radius 2 is 2.08 bits per heavy atom. The summed E-state index contributed by atoms with van der Waals surface area (Å²) in [7, 11) is 0. The molecule has 0 aliphatic heterocycles. The van der Waals surface area contributed by atoms with Gasteiger partial charge in [-0.1, -0.05) is 31.9 Å². The van der Waals surface area contributed by atoms with Crippen LogP contribution in [0.1, 0.15) is 54.9 Å². The molecule has 5 heteroatoms. The second kappa shape index (κ2) is 8.48. The van der Waals surface area contributed by atoms with Gasteiger partial charge in [-0.05, 0) is 31.2 Å². The summed E-state index contributed by atoms with van der Waals surface area (Å²) in [5.74, 6) is 1.24. The van der Waals surface area contributed by atoms with E-state index < -0.39 is 0 Å². The smallest absolute Gasteiger partial charge is 0.258 e. The Labute approximate surface area is 149 Å². The molecule has 1 amide bonds. The Morgan fingerprint density at radius 1 is 1.24 bits per heavy atom. The summed E-state index contributed by atoms with van der Waals surface area (Å²) in [6.07, 6.45) is 6.43. The van der Waals surface area contributed by atoms with Gasteiger partial charge in [-0.25, -0.2) is 0 Å². The van der Waals surface area contributed by atoms with Gasteiger partial charge in [0.05, 0.1) is 12.7 Å². The Kier molecular flexibility index (Phi) is 6.08. The van der Waals surface area contributed by atoms with Gasteiger partial charge in [0.2, 0.25) is 0 Å². The second-order valence-corrected chi connectivity index (χ2v) is 7.02. The van der Waals surface area contributed by atoms with Gasteiger partial charge < -0.3 is 14.8 Å². The predicted molar refractivity (Wildman–Crippen MR) is 95.0 cm³/mol. The van der Waals surface area contributed by atoms with Crippen LogP contribution >= 0.6 is 0 Å². The number of amides is 1. The lowest BCUT2D eigenvalue weighted by Crippen LogP contribution is -2.34. The van der Waals surface area contributed by atoms with Crippen LogP contribution in [0.25, 0.3) is 0 Å². The minimum absolute atomic E-state index is 0.0372. The number of ether oxygens (including phenoxy) is 2. The molecule has 2 unspecified atom stereocenters. The van der Waals surface area contributed by atoms with Gasteiger partial charge in [0, 0.05) is 24.1 Å². The molecule has 0 heterocycles. The normalized spacial score (nSPS) is 22.5. The lowest BCUT2D eigenvalue weighted by Gasteiger charge is -2.28. The zero-order valence-electron chi connectivity index (χ0n) is 14.9. The van der Waals surface area contributed by atoms with Crippen molar-refractivity contribution in [1.29, 1.82) is 0 Å². The van der Waals surface area contributed by atoms with Crippen molar-refractivity contribution in [2.45, 2.75) is 51.6 Å². The molecule has 1 aromatic carbocycles. The second-order valence-electron chi connectivity index (χ2n) is 7.02. The van der Waals surface area contributed by atoms with E-state index in [2.05, 4.69) is 12.2 Å². The van der Waals surface area contributed by atoms with Crippen LogP contribution in [0, 0.1) is 5.92 Å². The topological polar surface area (TPSA) is 64.6 Å². The average molecular weight is 345 g/mol. The third kappa shape index (κ3) is 4.60. The van der Waals surface area contributed by atoms with E-state index in [1.54, 1.807) is 6.07 Å². The third-order valence-electron chi connectivity index (χ3n) is 5.18. The minimum Gasteiger partial charge on any atom is -0.483 e. The molecule has 2 atom stereocenters. The van der Waals surface area contributed by atoms with Crippen LogP contribution in [0.5, 0.6) is 5.75 Å². The summed E-state index contributed by atoms with van der Waals surface area (Å²) >= 11 is 0. The Bertz CT molecular complexity index is 628. The number of fused-ring (bicyclic) bond motifs is 1. The first kappa shape index (κ1) is 17.9. The first-order chi connectivity index (χ1) is 12.1. The van der Waals surface area contributed by atoms with Crippen molar-refractivity contribution in [1.82, 2.24) is 5.32 Å². The molecular weight excluding hydrogens is 318 g/mol. The monoisotopic (exact) mass is 345 g/mol. The number of nitrogens with one attached hydrogen (secondary N) is 1. The van der Waals surface area contributed by atoms with Crippen LogP contribution in [-0.2, 0) is 16.0 Å². The molecule has 25 heavy (non-hydrogen) atoms. The summed E-state index contributed by atoms with van der Waals surface area (Å²) in [5.41, 5.74) is 1.66. The standard InChI is InChI=1S/C20H27NO4/c1-14-5-2-3-7-18(14)24-12-11-21-20(23)13-25-19-8-4-6-15-16(19)9-10-17(15)22/h4,6,8,14,18H,2-3,5,7,9-13H2,1H3,(H,21,23). The predicted octanol–water partition coefficient (Wildman–Crippen LogP) is 2.91. The van der Waals surface area contributed by atoms with Gasteiger partial charge in [0.1, 0.15) is 5.75 Å². The Morgan fingerprint density at radius 3 is 2.92 bits per heavy atom. The number of hydrogen-bond donors (Lipinski definition) is 1. The molecule has 136 valence electrons. The van der Waals surface area contributed by atoms with Gasteiger partial charge in [-0.3, -0.25) is 9.59 Å². The van der Waals surface area contributed by atoms with E-state index in [0.29, 0.717) is 43.8 Å². The lowest BCUT2D eigenvalue weighted by atomic mass is 9.88. The van der Waals surface area contributed by atoms with Gasteiger partial charge in [0.25, 0.3) is 5.91 Å². The number of rotatable bonds is 7. The number of carbonyl (C=O) groups is 2. The van der Waals surface area contributed by atoms with Crippen LogP contribution < -0.4 is 10.1 Å². The average Bonchev–Trinajstić information content (AvgIpc) is 3.00. The molecule has 2 aliphatic rings. The maximum absolute atomic E-state index is 11.9. The highest BCUT2D eigenvalue weighted by atomic mass is 16.5. The Balaban J connectivity index is 1.37. The van der Waals surface area contributed by atoms with Gasteiger partial charge in [-0.15, -0.1) is 0 Å². The number of ketones is 1. The SMILES string of the molecule is CC1CCCCC1OCCNC(=O)COc1cccc2c1CCC2=O. The van der Waals surface area contributed by atoms with Crippen molar-refractivity contribution >= 4 is 11.7 Å². The Hall–Kier alpha value is -1.88. The molecule has 1 aromatic rings. The first-order valence-electron chi connectivity index (χ1n) is 9.31. The van der Waals surface area contributed by atoms with E-state index in [1.807, 2.05) is 12.1 Å². The fourth-order valence-electron chi connectivity index (χ4n) is 3.72. The molecule has 0 spiro atoms. The maximum atomic E-state index is 11.9. The lowest BCUT2D eigenvalue weighted by molar-refractivity contribution is -0.123. The van der Waals surface area contributed by atoms with Gasteiger partial charge >= 0.3 is 0 Å². The van der Waals surface area contributed by atoms with Crippen molar-refractivity contribution in [2.24, 2.45) is 5.92 Å². The fourth-order valence-corrected chi connectivity index (χ4v) is 3.72. The van der Waals surface area contributed by atoms with Crippen molar-refractivity contribution in [3.05, 3.63) is 29.3 Å². The number of benzene rings is 1. The summed E-state index contributed by atoms with van der Waals surface area (Å²) in [5, 5.41) is 2.83. The van der Waals surface area contributed by atoms with Crippen molar-refractivity contribution in [3.63, 3.8) is 0 Å². The van der Waals surface area contributed by atoms with Crippen molar-refractivity contribution in [3.8, 4) is 5.75 Å². The zero-order chi connectivity index (χ0) is 17.6. The highest BCUT2D eigenvalue weighted by molar-refractivity contribution is 6.01. The van der Waals surface area contributed by atoms with Gasteiger partial charge in [0.15, 0.2) is 12.4 Å². The van der Waals surface area contributed by atoms with E-state index in [4.69, 9.17) is 9.47 Å². The number of Topliss-reactive ketones (excluding diaryl/α,β-unsaturated/α-hetero) is 1. The molecular formula is C20H27NO4. The van der Waals surface area contributed by atoms with E-state index in [9.17, 15) is 9.59 Å². The highest BCUT2D eigenvalue weighted by Gasteiger charge is 2.23. The molecule has 0 saturated heterocycles. The maximum Gasteiger partial charge on any atom is 0.258 e. The number of carbonyl (C=O) groups excluding carboxylic acids is 2. The van der Waals surface area contributed by atoms with E-state index in [1.165, 1.54) is 19.3 Å². The van der Waals surface area contributed by atoms with Gasteiger partial charge in [-0.2, -0.15) is 0 Å². The molecule has 1 saturated carbocycles. The molecule has 3 rings (SSSR count). The minimum atomic E-state index is -0.165. The summed E-state index contributed by atoms with van der Waals surface area (Å²) < 4.78 is 11.5. The summed E-state index contributed by atoms with van der Waals surface area (Å²) in [4.78, 5) is 23.7. The van der Waals surface area contributed by atoms with Crippen LogP contribution in [0.2, 0.25) is 0 Å². The molecule has 1 fully saturated rings. The molecule has 0 aromatic heterocycles. The van der Waals surface area contributed by atoms with E-state index in [0.717, 1.165) is 17.5 Å². The first-order valence-corrected chi connectivity index (χ1v) is 9.31. The molecule has 5 nitrogen and oxygen atoms in total. The molecule has 0 bridgehead atoms. The molecule has 0 radical (unpaired) electrons. The van der Waals surface area contributed by atoms with Crippen molar-refractivity contribution in [2.75, 3.05) is 19.8 Å². The van der Waals surface area contributed by atoms with Crippen LogP contribution in [-0.4, -0.2) is 37.6 Å². The van der Waals surface area contributed by atoms with Crippen molar-refractivity contribution < 1.29 is 19.1 Å². The summed E-state index contributed by atoms with van der Waals surface area (Å²) in [6.45, 7) is 3.23. The van der Waals surface area contributed by atoms with Crippen LogP contribution in [0.15, 0.2) is 18.2 Å². The quantitative estimate of drug-likeness (QED) is 0.772. The largest absolute Gasteiger partial charge is 0.483 e. The highest BCUT2D eigenvalue weighted by Crippen LogP contribution is 2.30. The number of hydrogen-bond acceptors (Lipinski definition) is 4. The molecule has 2 aliphatic carbocycles. The fraction of sp³-hybridized carbons (Fsp3) is 0.600. The summed E-state index contributed by atoms with van der Waals surface area (Å²) in [6, 6.07) is 5.44. The third-order valence-corrected chi connectivity index (χ3v) is 5.18. The zero-order valence-corrected chi connectivity index (χ0v) is 14.9. The molecule has 1 N–H and O–H groups in total. The van der Waals surface area contributed by atoms with Crippen LogP contribution in [0.3, 0.4) is 0 Å².